The van der Waals surface area contributed by atoms with E-state index in [1.54, 1.807) is 0 Å². The fraction of sp³-hybridized carbons (Fsp3) is 0.273. The topological polar surface area (TPSA) is 98.9 Å². The number of nitrogens with two attached hydrogens (primary N) is 1. The molecule has 0 aromatic heterocycles. The predicted molar refractivity (Wildman–Crippen MR) is 59.2 cm³/mol. The number of benzene rings is 1. The Labute approximate surface area is 97.9 Å². The quantitative estimate of drug-likeness (QED) is 0.580. The molecule has 1 rings (SSSR count). The first-order valence-corrected chi connectivity index (χ1v) is 4.75. The summed E-state index contributed by atoms with van der Waals surface area (Å²) in [5, 5.41) is 9.70. The summed E-state index contributed by atoms with van der Waals surface area (Å²) in [5.74, 6) is -1.60. The monoisotopic (exact) mass is 239 g/mol. The highest BCUT2D eigenvalue weighted by molar-refractivity contribution is 5.98. The van der Waals surface area contributed by atoms with Crippen LogP contribution < -0.4 is 5.73 Å². The Hall–Kier alpha value is -2.08. The molecule has 0 heterocycles. The minimum atomic E-state index is -1.57. The molecule has 1 aromatic rings. The lowest BCUT2D eigenvalue weighted by Crippen LogP contribution is -2.18. The molecule has 17 heavy (non-hydrogen) atoms. The van der Waals surface area contributed by atoms with Gasteiger partial charge in [-0.2, -0.15) is 0 Å². The van der Waals surface area contributed by atoms with Crippen LogP contribution in [0.5, 0.6) is 0 Å². The minimum Gasteiger partial charge on any atom is -0.467 e. The maximum atomic E-state index is 11.5. The zero-order chi connectivity index (χ0) is 13.0. The first-order valence-electron chi connectivity index (χ1n) is 4.75. The van der Waals surface area contributed by atoms with Gasteiger partial charge in [0.25, 0.3) is 0 Å². The lowest BCUT2D eigenvalue weighted by molar-refractivity contribution is -0.150. The molecule has 1 unspecified atom stereocenters. The molecule has 0 spiro atoms. The van der Waals surface area contributed by atoms with E-state index in [1.807, 2.05) is 0 Å². The SMILES string of the molecule is COC(=O)c1c(N)cccc1C(O)C(=O)OC. The number of esters is 2. The van der Waals surface area contributed by atoms with Crippen molar-refractivity contribution in [2.45, 2.75) is 6.10 Å². The van der Waals surface area contributed by atoms with Crippen LogP contribution in [0.15, 0.2) is 18.2 Å². The van der Waals surface area contributed by atoms with E-state index in [0.717, 1.165) is 7.11 Å². The molecule has 92 valence electrons. The predicted octanol–water partition coefficient (Wildman–Crippen LogP) is 0.262. The molecule has 0 bridgehead atoms. The Morgan fingerprint density at radius 2 is 1.94 bits per heavy atom. The maximum absolute atomic E-state index is 11.5. The molecule has 0 saturated carbocycles. The van der Waals surface area contributed by atoms with Crippen LogP contribution >= 0.6 is 0 Å². The first-order chi connectivity index (χ1) is 8.02. The van der Waals surface area contributed by atoms with Gasteiger partial charge in [0.05, 0.1) is 19.8 Å². The third-order valence-electron chi connectivity index (χ3n) is 2.24. The Morgan fingerprint density at radius 1 is 1.29 bits per heavy atom. The summed E-state index contributed by atoms with van der Waals surface area (Å²) < 4.78 is 8.93. The van der Waals surface area contributed by atoms with Crippen molar-refractivity contribution >= 4 is 17.6 Å². The van der Waals surface area contributed by atoms with Crippen LogP contribution in [-0.2, 0) is 14.3 Å². The second-order valence-electron chi connectivity index (χ2n) is 3.23. The van der Waals surface area contributed by atoms with Crippen LogP contribution in [-0.4, -0.2) is 31.3 Å². The number of hydrogen-bond acceptors (Lipinski definition) is 6. The van der Waals surface area contributed by atoms with Crippen molar-refractivity contribution in [3.05, 3.63) is 29.3 Å². The van der Waals surface area contributed by atoms with Crippen LogP contribution in [0, 0.1) is 0 Å². The maximum Gasteiger partial charge on any atom is 0.340 e. The van der Waals surface area contributed by atoms with Gasteiger partial charge < -0.3 is 20.3 Å². The first kappa shape index (κ1) is 13.0. The normalized spacial score (nSPS) is 11.7. The second-order valence-corrected chi connectivity index (χ2v) is 3.23. The van der Waals surface area contributed by atoms with Crippen molar-refractivity contribution in [3.63, 3.8) is 0 Å². The van der Waals surface area contributed by atoms with Gasteiger partial charge in [-0.25, -0.2) is 9.59 Å². The minimum absolute atomic E-state index is 0.0344. The van der Waals surface area contributed by atoms with Crippen LogP contribution in [0.4, 0.5) is 5.69 Å². The summed E-state index contributed by atoms with van der Waals surface area (Å²) in [6.07, 6.45) is -1.57. The molecule has 6 nitrogen and oxygen atoms in total. The molecule has 1 atom stereocenters. The Morgan fingerprint density at radius 3 is 2.47 bits per heavy atom. The van der Waals surface area contributed by atoms with Crippen LogP contribution in [0.1, 0.15) is 22.0 Å². The summed E-state index contributed by atoms with van der Waals surface area (Å²) in [5.41, 5.74) is 5.76. The van der Waals surface area contributed by atoms with Gasteiger partial charge in [0.2, 0.25) is 0 Å². The van der Waals surface area contributed by atoms with Crippen LogP contribution in [0.3, 0.4) is 0 Å². The third kappa shape index (κ3) is 2.54. The number of hydrogen-bond donors (Lipinski definition) is 2. The highest BCUT2D eigenvalue weighted by Crippen LogP contribution is 2.24. The van der Waals surface area contributed by atoms with Crippen LogP contribution in [0.2, 0.25) is 0 Å². The fourth-order valence-electron chi connectivity index (χ4n) is 1.39. The number of anilines is 1. The zero-order valence-electron chi connectivity index (χ0n) is 9.47. The van der Waals surface area contributed by atoms with Gasteiger partial charge in [-0.15, -0.1) is 0 Å². The summed E-state index contributed by atoms with van der Waals surface area (Å²) in [6.45, 7) is 0. The number of methoxy groups -OCH3 is 2. The molecule has 1 aromatic carbocycles. The van der Waals surface area contributed by atoms with E-state index >= 15 is 0 Å². The molecule has 6 heteroatoms. The van der Waals surface area contributed by atoms with Crippen molar-refractivity contribution in [2.75, 3.05) is 20.0 Å². The lowest BCUT2D eigenvalue weighted by Gasteiger charge is -2.14. The molecule has 0 fully saturated rings. The highest BCUT2D eigenvalue weighted by atomic mass is 16.5. The third-order valence-corrected chi connectivity index (χ3v) is 2.24. The smallest absolute Gasteiger partial charge is 0.340 e. The molecule has 0 saturated heterocycles. The zero-order valence-corrected chi connectivity index (χ0v) is 9.47. The van der Waals surface area contributed by atoms with E-state index in [0.29, 0.717) is 0 Å². The Balaban J connectivity index is 3.28. The van der Waals surface area contributed by atoms with E-state index in [4.69, 9.17) is 5.73 Å². The van der Waals surface area contributed by atoms with Gasteiger partial charge in [-0.05, 0) is 6.07 Å². The van der Waals surface area contributed by atoms with Crippen molar-refractivity contribution in [1.29, 1.82) is 0 Å². The Kier molecular flexibility index (Phi) is 4.06. The number of ether oxygens (including phenoxy) is 2. The van der Waals surface area contributed by atoms with Crippen molar-refractivity contribution in [3.8, 4) is 0 Å². The number of aliphatic hydroxyl groups excluding tert-OH is 1. The highest BCUT2D eigenvalue weighted by Gasteiger charge is 2.25. The fourth-order valence-corrected chi connectivity index (χ4v) is 1.39. The average molecular weight is 239 g/mol. The molecule has 0 amide bonds. The van der Waals surface area contributed by atoms with E-state index in [1.165, 1.54) is 25.3 Å². The Bertz CT molecular complexity index is 443. The van der Waals surface area contributed by atoms with Crippen molar-refractivity contribution in [2.24, 2.45) is 0 Å². The molecule has 0 radical (unpaired) electrons. The summed E-state index contributed by atoms with van der Waals surface area (Å²) in [4.78, 5) is 22.7. The lowest BCUT2D eigenvalue weighted by atomic mass is 10.0. The van der Waals surface area contributed by atoms with Crippen LogP contribution in [0.25, 0.3) is 0 Å². The number of carbonyl (C=O) groups is 2. The van der Waals surface area contributed by atoms with Crippen molar-refractivity contribution in [1.82, 2.24) is 0 Å². The molecule has 0 aliphatic rings. The molecule has 3 N–H and O–H groups in total. The van der Waals surface area contributed by atoms with Gasteiger partial charge in [0.15, 0.2) is 6.10 Å². The number of aliphatic hydroxyl groups is 1. The summed E-state index contributed by atoms with van der Waals surface area (Å²) in [6, 6.07) is 4.40. The van der Waals surface area contributed by atoms with E-state index in [-0.39, 0.29) is 16.8 Å². The molecule has 0 aliphatic carbocycles. The number of rotatable bonds is 3. The van der Waals surface area contributed by atoms with Crippen molar-refractivity contribution < 1.29 is 24.2 Å². The largest absolute Gasteiger partial charge is 0.467 e. The van der Waals surface area contributed by atoms with Gasteiger partial charge in [-0.3, -0.25) is 0 Å². The summed E-state index contributed by atoms with van der Waals surface area (Å²) in [7, 11) is 2.32. The average Bonchev–Trinajstić information content (AvgIpc) is 2.35. The van der Waals surface area contributed by atoms with Gasteiger partial charge in [0.1, 0.15) is 0 Å². The number of carbonyl (C=O) groups excluding carboxylic acids is 2. The van der Waals surface area contributed by atoms with E-state index in [2.05, 4.69) is 9.47 Å². The summed E-state index contributed by atoms with van der Waals surface area (Å²) >= 11 is 0. The molecular weight excluding hydrogens is 226 g/mol. The van der Waals surface area contributed by atoms with Gasteiger partial charge in [-0.1, -0.05) is 12.1 Å². The number of nitrogen functional groups attached to an aromatic ring is 1. The standard InChI is InChI=1S/C11H13NO5/c1-16-10(14)8-6(4-3-5-7(8)12)9(13)11(15)17-2/h3-5,9,13H,12H2,1-2H3. The van der Waals surface area contributed by atoms with E-state index in [9.17, 15) is 14.7 Å². The van der Waals surface area contributed by atoms with Gasteiger partial charge >= 0.3 is 11.9 Å². The van der Waals surface area contributed by atoms with E-state index < -0.39 is 18.0 Å². The second kappa shape index (κ2) is 5.31. The molecule has 0 aliphatic heterocycles. The molecular formula is C11H13NO5. The van der Waals surface area contributed by atoms with Gasteiger partial charge in [0, 0.05) is 11.3 Å².